The van der Waals surface area contributed by atoms with Crippen molar-refractivity contribution in [1.29, 1.82) is 5.26 Å². The molecule has 34 heavy (non-hydrogen) atoms. The molecule has 1 aromatic heterocycles. The van der Waals surface area contributed by atoms with Crippen LogP contribution >= 0.6 is 11.8 Å². The molecule has 1 saturated heterocycles. The van der Waals surface area contributed by atoms with Gasteiger partial charge in [-0.25, -0.2) is 0 Å². The minimum Gasteiger partial charge on any atom is -0.497 e. The van der Waals surface area contributed by atoms with E-state index in [9.17, 15) is 10.1 Å². The average Bonchev–Trinajstić information content (AvgIpc) is 3.32. The molecule has 8 nitrogen and oxygen atoms in total. The summed E-state index contributed by atoms with van der Waals surface area (Å²) in [5.41, 5.74) is 1.86. The van der Waals surface area contributed by atoms with Crippen molar-refractivity contribution in [1.82, 2.24) is 19.7 Å². The van der Waals surface area contributed by atoms with Gasteiger partial charge in [0.05, 0.1) is 30.2 Å². The lowest BCUT2D eigenvalue weighted by molar-refractivity contribution is -0.113. The first kappa shape index (κ1) is 23.8. The first-order valence-corrected chi connectivity index (χ1v) is 12.3. The fourth-order valence-electron chi connectivity index (χ4n) is 4.09. The van der Waals surface area contributed by atoms with Gasteiger partial charge in [-0.05, 0) is 69.3 Å². The van der Waals surface area contributed by atoms with Gasteiger partial charge in [0, 0.05) is 5.69 Å². The zero-order valence-electron chi connectivity index (χ0n) is 19.4. The molecule has 176 valence electrons. The maximum atomic E-state index is 12.6. The second-order valence-corrected chi connectivity index (χ2v) is 9.08. The number of para-hydroxylation sites is 1. The lowest BCUT2D eigenvalue weighted by atomic mass is 10.1. The van der Waals surface area contributed by atoms with Crippen LogP contribution in [0, 0.1) is 11.3 Å². The third kappa shape index (κ3) is 5.41. The first-order valence-electron chi connectivity index (χ1n) is 11.4. The van der Waals surface area contributed by atoms with Gasteiger partial charge in [0.1, 0.15) is 11.8 Å². The highest BCUT2D eigenvalue weighted by molar-refractivity contribution is 7.99. The fraction of sp³-hybridized carbons (Fsp3) is 0.360. The van der Waals surface area contributed by atoms with Crippen molar-refractivity contribution in [3.63, 3.8) is 0 Å². The summed E-state index contributed by atoms with van der Waals surface area (Å²) < 4.78 is 7.34. The number of carbonyl (C=O) groups excluding carboxylic acids is 1. The van der Waals surface area contributed by atoms with Gasteiger partial charge < -0.3 is 10.1 Å². The van der Waals surface area contributed by atoms with Gasteiger partial charge in [-0.1, -0.05) is 30.3 Å². The van der Waals surface area contributed by atoms with Crippen molar-refractivity contribution in [2.75, 3.05) is 31.3 Å². The highest BCUT2D eigenvalue weighted by Crippen LogP contribution is 2.30. The number of benzene rings is 2. The lowest BCUT2D eigenvalue weighted by Crippen LogP contribution is -2.33. The Kier molecular flexibility index (Phi) is 7.83. The number of ether oxygens (including phenoxy) is 1. The minimum absolute atomic E-state index is 0.0978. The Morgan fingerprint density at radius 2 is 1.88 bits per heavy atom. The van der Waals surface area contributed by atoms with Crippen LogP contribution in [0.25, 0.3) is 5.69 Å². The van der Waals surface area contributed by atoms with Crippen LogP contribution in [0.3, 0.4) is 0 Å². The van der Waals surface area contributed by atoms with Crippen LogP contribution in [0.4, 0.5) is 5.69 Å². The molecule has 1 atom stereocenters. The highest BCUT2D eigenvalue weighted by Gasteiger charge is 2.26. The number of rotatable bonds is 8. The van der Waals surface area contributed by atoms with E-state index in [0.29, 0.717) is 16.4 Å². The first-order chi connectivity index (χ1) is 16.6. The Labute approximate surface area is 203 Å². The van der Waals surface area contributed by atoms with E-state index in [1.165, 1.54) is 31.0 Å². The van der Waals surface area contributed by atoms with Gasteiger partial charge in [0.25, 0.3) is 0 Å². The molecule has 0 spiro atoms. The largest absolute Gasteiger partial charge is 0.497 e. The molecular formula is C25H28N6O2S. The molecule has 1 amide bonds. The number of thioether (sulfide) groups is 1. The van der Waals surface area contributed by atoms with E-state index in [0.717, 1.165) is 30.4 Å². The van der Waals surface area contributed by atoms with Crippen LogP contribution < -0.4 is 10.1 Å². The Bertz CT molecular complexity index is 1160. The number of carbonyl (C=O) groups is 1. The van der Waals surface area contributed by atoms with E-state index in [1.54, 1.807) is 31.4 Å². The van der Waals surface area contributed by atoms with Crippen molar-refractivity contribution in [3.8, 4) is 17.5 Å². The van der Waals surface area contributed by atoms with Gasteiger partial charge in [0.2, 0.25) is 5.91 Å². The van der Waals surface area contributed by atoms with E-state index in [-0.39, 0.29) is 17.7 Å². The van der Waals surface area contributed by atoms with Crippen molar-refractivity contribution < 1.29 is 9.53 Å². The Hall–Kier alpha value is -3.35. The van der Waals surface area contributed by atoms with Crippen LogP contribution in [0.15, 0.2) is 53.7 Å². The van der Waals surface area contributed by atoms with Crippen LogP contribution in [-0.4, -0.2) is 51.5 Å². The molecule has 3 aromatic rings. The van der Waals surface area contributed by atoms with Gasteiger partial charge >= 0.3 is 0 Å². The number of hydrogen-bond donors (Lipinski definition) is 1. The lowest BCUT2D eigenvalue weighted by Gasteiger charge is -2.31. The number of piperidine rings is 1. The fourth-order valence-corrected chi connectivity index (χ4v) is 4.85. The van der Waals surface area contributed by atoms with Crippen molar-refractivity contribution in [2.45, 2.75) is 37.4 Å². The Morgan fingerprint density at radius 3 is 2.59 bits per heavy atom. The third-order valence-electron chi connectivity index (χ3n) is 5.96. The Morgan fingerprint density at radius 1 is 1.15 bits per heavy atom. The number of hydrogen-bond acceptors (Lipinski definition) is 7. The summed E-state index contributed by atoms with van der Waals surface area (Å²) >= 11 is 1.32. The molecular weight excluding hydrogens is 448 g/mol. The third-order valence-corrected chi connectivity index (χ3v) is 6.88. The predicted octanol–water partition coefficient (Wildman–Crippen LogP) is 4.43. The molecule has 1 aliphatic rings. The molecule has 4 rings (SSSR count). The molecule has 0 bridgehead atoms. The zero-order chi connectivity index (χ0) is 23.9. The molecule has 1 unspecified atom stereocenters. The normalized spacial score (nSPS) is 14.9. The summed E-state index contributed by atoms with van der Waals surface area (Å²) in [5.74, 6) is 1.56. The standard InChI is InChI=1S/C25H28N6O2S/c1-18(30-14-6-3-7-15-30)24-28-29-25(31(24)20-10-12-21(33-2)13-11-20)34-17-23(32)27-22-9-5-4-8-19(22)16-26/h4-5,8-13,18H,3,6-7,14-15,17H2,1-2H3,(H,27,32). The molecule has 0 saturated carbocycles. The average molecular weight is 477 g/mol. The molecule has 2 aromatic carbocycles. The van der Waals surface area contributed by atoms with E-state index in [4.69, 9.17) is 4.74 Å². The van der Waals surface area contributed by atoms with Crippen LogP contribution in [0.1, 0.15) is 43.6 Å². The van der Waals surface area contributed by atoms with Crippen LogP contribution in [0.2, 0.25) is 0 Å². The minimum atomic E-state index is -0.206. The summed E-state index contributed by atoms with van der Waals surface area (Å²) in [6.07, 6.45) is 3.64. The van der Waals surface area contributed by atoms with Crippen molar-refractivity contribution in [3.05, 3.63) is 59.9 Å². The van der Waals surface area contributed by atoms with Gasteiger partial charge in [0.15, 0.2) is 11.0 Å². The molecule has 1 fully saturated rings. The topological polar surface area (TPSA) is 96.1 Å². The van der Waals surface area contributed by atoms with E-state index in [1.807, 2.05) is 28.8 Å². The van der Waals surface area contributed by atoms with E-state index in [2.05, 4.69) is 33.4 Å². The Balaban J connectivity index is 1.56. The monoisotopic (exact) mass is 476 g/mol. The summed E-state index contributed by atoms with van der Waals surface area (Å²) in [4.78, 5) is 15.1. The number of amides is 1. The SMILES string of the molecule is COc1ccc(-n2c(SCC(=O)Nc3ccccc3C#N)nnc2C(C)N2CCCCC2)cc1. The van der Waals surface area contributed by atoms with E-state index >= 15 is 0 Å². The van der Waals surface area contributed by atoms with Crippen LogP contribution in [0.5, 0.6) is 5.75 Å². The maximum absolute atomic E-state index is 12.6. The molecule has 2 heterocycles. The molecule has 9 heteroatoms. The number of nitrogens with one attached hydrogen (secondary N) is 1. The smallest absolute Gasteiger partial charge is 0.234 e. The van der Waals surface area contributed by atoms with Gasteiger partial charge in [-0.3, -0.25) is 14.3 Å². The number of nitriles is 1. The van der Waals surface area contributed by atoms with Gasteiger partial charge in [-0.15, -0.1) is 10.2 Å². The number of aromatic nitrogens is 3. The van der Waals surface area contributed by atoms with Crippen molar-refractivity contribution >= 4 is 23.4 Å². The second-order valence-electron chi connectivity index (χ2n) is 8.14. The highest BCUT2D eigenvalue weighted by atomic mass is 32.2. The summed E-state index contributed by atoms with van der Waals surface area (Å²) in [6, 6.07) is 16.9. The van der Waals surface area contributed by atoms with Crippen LogP contribution in [-0.2, 0) is 4.79 Å². The number of methoxy groups -OCH3 is 1. The molecule has 0 aliphatic carbocycles. The van der Waals surface area contributed by atoms with Crippen molar-refractivity contribution in [2.24, 2.45) is 0 Å². The predicted molar refractivity (Wildman–Crippen MR) is 132 cm³/mol. The summed E-state index contributed by atoms with van der Waals surface area (Å²) in [7, 11) is 1.64. The van der Waals surface area contributed by atoms with Gasteiger partial charge in [-0.2, -0.15) is 5.26 Å². The number of likely N-dealkylation sites (tertiary alicyclic amines) is 1. The molecule has 1 N–H and O–H groups in total. The number of anilines is 1. The molecule has 1 aliphatic heterocycles. The number of nitrogens with zero attached hydrogens (tertiary/aromatic N) is 5. The quantitative estimate of drug-likeness (QED) is 0.481. The maximum Gasteiger partial charge on any atom is 0.234 e. The summed E-state index contributed by atoms with van der Waals surface area (Å²) in [5, 5.41) is 21.7. The molecule has 0 radical (unpaired) electrons. The second kappa shape index (κ2) is 11.2. The zero-order valence-corrected chi connectivity index (χ0v) is 20.2. The van der Waals surface area contributed by atoms with E-state index < -0.39 is 0 Å². The summed E-state index contributed by atoms with van der Waals surface area (Å²) in [6.45, 7) is 4.25.